The molecule has 0 spiro atoms. The van der Waals surface area contributed by atoms with Crippen LogP contribution in [0.1, 0.15) is 18.4 Å². The van der Waals surface area contributed by atoms with E-state index in [1.165, 1.54) is 6.07 Å². The molecule has 1 aliphatic heterocycles. The van der Waals surface area contributed by atoms with Crippen molar-refractivity contribution in [2.45, 2.75) is 12.8 Å². The van der Waals surface area contributed by atoms with Crippen molar-refractivity contribution in [3.8, 4) is 6.07 Å². The third kappa shape index (κ3) is 1.44. The molecule has 0 bridgehead atoms. The molecular weight excluding hydrogens is 179 g/mol. The van der Waals surface area contributed by atoms with Crippen LogP contribution in [0.4, 0.5) is 10.1 Å². The predicted octanol–water partition coefficient (Wildman–Crippen LogP) is 2.30. The number of hydrogen-bond acceptors (Lipinski definition) is 2. The Hall–Kier alpha value is -1.56. The van der Waals surface area contributed by atoms with Crippen LogP contribution >= 0.6 is 0 Å². The zero-order chi connectivity index (χ0) is 9.97. The summed E-state index contributed by atoms with van der Waals surface area (Å²) in [5, 5.41) is 8.86. The third-order valence-corrected chi connectivity index (χ3v) is 2.53. The molecule has 1 aromatic rings. The van der Waals surface area contributed by atoms with E-state index in [1.807, 2.05) is 11.0 Å². The van der Waals surface area contributed by atoms with Crippen molar-refractivity contribution in [3.05, 3.63) is 29.6 Å². The standard InChI is InChI=1S/C11H11FN2/c12-10-5-3-4-9(8-13)11(10)14-6-1-2-7-14/h3-5H,1-2,6-7H2. The number of benzene rings is 1. The Morgan fingerprint density at radius 3 is 2.64 bits per heavy atom. The number of halogens is 1. The summed E-state index contributed by atoms with van der Waals surface area (Å²) in [6.45, 7) is 1.71. The highest BCUT2D eigenvalue weighted by molar-refractivity contribution is 5.60. The van der Waals surface area contributed by atoms with Crippen LogP contribution in [0, 0.1) is 17.1 Å². The molecule has 14 heavy (non-hydrogen) atoms. The van der Waals surface area contributed by atoms with Gasteiger partial charge in [0.25, 0.3) is 0 Å². The maximum atomic E-state index is 13.5. The Kier molecular flexibility index (Phi) is 2.36. The quantitative estimate of drug-likeness (QED) is 0.679. The first-order valence-electron chi connectivity index (χ1n) is 4.76. The molecule has 0 saturated carbocycles. The Bertz CT molecular complexity index is 375. The van der Waals surface area contributed by atoms with Crippen molar-refractivity contribution in [2.75, 3.05) is 18.0 Å². The SMILES string of the molecule is N#Cc1cccc(F)c1N1CCCC1. The van der Waals surface area contributed by atoms with Gasteiger partial charge >= 0.3 is 0 Å². The highest BCUT2D eigenvalue weighted by Gasteiger charge is 2.18. The third-order valence-electron chi connectivity index (χ3n) is 2.53. The molecule has 0 atom stereocenters. The zero-order valence-corrected chi connectivity index (χ0v) is 7.83. The molecule has 1 fully saturated rings. The maximum absolute atomic E-state index is 13.5. The van der Waals surface area contributed by atoms with Crippen molar-refractivity contribution >= 4 is 5.69 Å². The molecule has 1 aliphatic rings. The van der Waals surface area contributed by atoms with Crippen LogP contribution in [0.3, 0.4) is 0 Å². The van der Waals surface area contributed by atoms with Crippen LogP contribution in [0.2, 0.25) is 0 Å². The normalized spacial score (nSPS) is 15.6. The van der Waals surface area contributed by atoms with Crippen molar-refractivity contribution in [1.29, 1.82) is 5.26 Å². The summed E-state index contributed by atoms with van der Waals surface area (Å²) in [5.41, 5.74) is 0.916. The lowest BCUT2D eigenvalue weighted by Gasteiger charge is -2.19. The van der Waals surface area contributed by atoms with Crippen LogP contribution in [-0.2, 0) is 0 Å². The Morgan fingerprint density at radius 1 is 1.29 bits per heavy atom. The van der Waals surface area contributed by atoms with E-state index in [0.29, 0.717) is 11.3 Å². The van der Waals surface area contributed by atoms with Crippen LogP contribution < -0.4 is 4.90 Å². The van der Waals surface area contributed by atoms with E-state index in [0.717, 1.165) is 25.9 Å². The summed E-state index contributed by atoms with van der Waals surface area (Å²) in [4.78, 5) is 1.95. The molecular formula is C11H11FN2. The van der Waals surface area contributed by atoms with E-state index in [-0.39, 0.29) is 5.82 Å². The van der Waals surface area contributed by atoms with Crippen molar-refractivity contribution in [1.82, 2.24) is 0 Å². The van der Waals surface area contributed by atoms with Gasteiger partial charge < -0.3 is 4.90 Å². The van der Waals surface area contributed by atoms with Crippen LogP contribution in [0.5, 0.6) is 0 Å². The van der Waals surface area contributed by atoms with Gasteiger partial charge in [-0.3, -0.25) is 0 Å². The summed E-state index contributed by atoms with van der Waals surface area (Å²) in [5.74, 6) is -0.286. The van der Waals surface area contributed by atoms with Crippen molar-refractivity contribution in [2.24, 2.45) is 0 Å². The van der Waals surface area contributed by atoms with Gasteiger partial charge in [-0.15, -0.1) is 0 Å². The fourth-order valence-corrected chi connectivity index (χ4v) is 1.87. The molecule has 0 amide bonds. The number of anilines is 1. The number of nitrogens with zero attached hydrogens (tertiary/aromatic N) is 2. The molecule has 0 aliphatic carbocycles. The van der Waals surface area contributed by atoms with E-state index in [1.54, 1.807) is 12.1 Å². The van der Waals surface area contributed by atoms with E-state index in [9.17, 15) is 4.39 Å². The Labute approximate surface area is 82.6 Å². The van der Waals surface area contributed by atoms with Gasteiger partial charge in [0.15, 0.2) is 0 Å². The van der Waals surface area contributed by atoms with Crippen LogP contribution in [-0.4, -0.2) is 13.1 Å². The van der Waals surface area contributed by atoms with Gasteiger partial charge in [-0.05, 0) is 25.0 Å². The van der Waals surface area contributed by atoms with E-state index >= 15 is 0 Å². The molecule has 0 radical (unpaired) electrons. The van der Waals surface area contributed by atoms with Gasteiger partial charge in [0.1, 0.15) is 11.9 Å². The lowest BCUT2D eigenvalue weighted by atomic mass is 10.1. The molecule has 72 valence electrons. The van der Waals surface area contributed by atoms with Gasteiger partial charge in [0.05, 0.1) is 11.3 Å². The van der Waals surface area contributed by atoms with Gasteiger partial charge in [-0.2, -0.15) is 5.26 Å². The van der Waals surface area contributed by atoms with Gasteiger partial charge in [0, 0.05) is 13.1 Å². The number of para-hydroxylation sites is 1. The lowest BCUT2D eigenvalue weighted by Crippen LogP contribution is -2.20. The smallest absolute Gasteiger partial charge is 0.147 e. The fraction of sp³-hybridized carbons (Fsp3) is 0.364. The number of hydrogen-bond donors (Lipinski definition) is 0. The minimum atomic E-state index is -0.286. The Morgan fingerprint density at radius 2 is 2.00 bits per heavy atom. The molecule has 0 unspecified atom stereocenters. The van der Waals surface area contributed by atoms with E-state index in [4.69, 9.17) is 5.26 Å². The number of nitriles is 1. The lowest BCUT2D eigenvalue weighted by molar-refractivity contribution is 0.622. The first-order chi connectivity index (χ1) is 6.83. The summed E-state index contributed by atoms with van der Waals surface area (Å²) in [6, 6.07) is 6.68. The summed E-state index contributed by atoms with van der Waals surface area (Å²) >= 11 is 0. The zero-order valence-electron chi connectivity index (χ0n) is 7.83. The molecule has 1 heterocycles. The highest BCUT2D eigenvalue weighted by atomic mass is 19.1. The predicted molar refractivity (Wildman–Crippen MR) is 52.6 cm³/mol. The molecule has 2 rings (SSSR count). The van der Waals surface area contributed by atoms with E-state index < -0.39 is 0 Å². The van der Waals surface area contributed by atoms with Crippen LogP contribution in [0.25, 0.3) is 0 Å². The minimum absolute atomic E-state index is 0.286. The molecule has 1 aromatic carbocycles. The average molecular weight is 190 g/mol. The second-order valence-corrected chi connectivity index (χ2v) is 3.44. The summed E-state index contributed by atoms with van der Waals surface area (Å²) < 4.78 is 13.5. The molecule has 2 nitrogen and oxygen atoms in total. The largest absolute Gasteiger partial charge is 0.368 e. The molecule has 0 aromatic heterocycles. The second-order valence-electron chi connectivity index (χ2n) is 3.44. The van der Waals surface area contributed by atoms with Gasteiger partial charge in [-0.25, -0.2) is 4.39 Å². The first kappa shape index (κ1) is 9.01. The second kappa shape index (κ2) is 3.67. The maximum Gasteiger partial charge on any atom is 0.147 e. The highest BCUT2D eigenvalue weighted by Crippen LogP contribution is 2.26. The fourth-order valence-electron chi connectivity index (χ4n) is 1.87. The molecule has 1 saturated heterocycles. The first-order valence-corrected chi connectivity index (χ1v) is 4.76. The summed E-state index contributed by atoms with van der Waals surface area (Å²) in [7, 11) is 0. The number of rotatable bonds is 1. The minimum Gasteiger partial charge on any atom is -0.368 e. The van der Waals surface area contributed by atoms with Gasteiger partial charge in [0.2, 0.25) is 0 Å². The van der Waals surface area contributed by atoms with E-state index in [2.05, 4.69) is 0 Å². The Balaban J connectivity index is 2.44. The average Bonchev–Trinajstić information content (AvgIpc) is 2.70. The van der Waals surface area contributed by atoms with Crippen LogP contribution in [0.15, 0.2) is 18.2 Å². The monoisotopic (exact) mass is 190 g/mol. The topological polar surface area (TPSA) is 27.0 Å². The van der Waals surface area contributed by atoms with Gasteiger partial charge in [-0.1, -0.05) is 6.07 Å². The molecule has 0 N–H and O–H groups in total. The molecule has 3 heteroatoms. The van der Waals surface area contributed by atoms with Crippen molar-refractivity contribution < 1.29 is 4.39 Å². The summed E-state index contributed by atoms with van der Waals surface area (Å²) in [6.07, 6.45) is 2.17. The van der Waals surface area contributed by atoms with Crippen molar-refractivity contribution in [3.63, 3.8) is 0 Å².